The van der Waals surface area contributed by atoms with Crippen LogP contribution in [0, 0.1) is 0 Å². The fraction of sp³-hybridized carbons (Fsp3) is 0.500. The van der Waals surface area contributed by atoms with Gasteiger partial charge in [0.25, 0.3) is 0 Å². The lowest BCUT2D eigenvalue weighted by Crippen LogP contribution is -2.41. The number of carbonyl (C=O) groups excluding carboxylic acids is 2. The molecular formula is C12H18N4O3. The molecule has 0 radical (unpaired) electrons. The molecule has 1 atom stereocenters. The van der Waals surface area contributed by atoms with E-state index in [9.17, 15) is 9.59 Å². The summed E-state index contributed by atoms with van der Waals surface area (Å²) in [5.74, 6) is -0.266. The number of esters is 1. The van der Waals surface area contributed by atoms with Crippen LogP contribution in [-0.4, -0.2) is 41.3 Å². The number of hydrogen-bond acceptors (Lipinski definition) is 6. The second-order valence-electron chi connectivity index (χ2n) is 4.32. The van der Waals surface area contributed by atoms with Crippen LogP contribution in [0.4, 0.5) is 5.82 Å². The Morgan fingerprint density at radius 1 is 1.21 bits per heavy atom. The summed E-state index contributed by atoms with van der Waals surface area (Å²) in [6, 6.07) is 2.68. The predicted octanol–water partition coefficient (Wildman–Crippen LogP) is 0.588. The van der Waals surface area contributed by atoms with Crippen LogP contribution in [0.5, 0.6) is 0 Å². The summed E-state index contributed by atoms with van der Waals surface area (Å²) in [5.41, 5.74) is 0.118. The third-order valence-electron chi connectivity index (χ3n) is 2.25. The summed E-state index contributed by atoms with van der Waals surface area (Å²) in [6.07, 6.45) is 0. The van der Waals surface area contributed by atoms with Crippen molar-refractivity contribution >= 4 is 17.7 Å². The lowest BCUT2D eigenvalue weighted by Gasteiger charge is -2.16. The van der Waals surface area contributed by atoms with Gasteiger partial charge in [-0.05, 0) is 32.9 Å². The normalized spacial score (nSPS) is 11.8. The molecule has 7 nitrogen and oxygen atoms in total. The monoisotopic (exact) mass is 266 g/mol. The minimum Gasteiger partial charge on any atom is -0.464 e. The number of anilines is 1. The summed E-state index contributed by atoms with van der Waals surface area (Å²) >= 11 is 0. The van der Waals surface area contributed by atoms with Gasteiger partial charge in [0.2, 0.25) is 5.91 Å². The number of carbonyl (C=O) groups is 2. The molecule has 1 heterocycles. The van der Waals surface area contributed by atoms with E-state index in [-0.39, 0.29) is 17.6 Å². The van der Waals surface area contributed by atoms with Crippen molar-refractivity contribution in [3.63, 3.8) is 0 Å². The van der Waals surface area contributed by atoms with Gasteiger partial charge in [-0.3, -0.25) is 4.79 Å². The number of nitrogens with zero attached hydrogens (tertiary/aromatic N) is 2. The van der Waals surface area contributed by atoms with E-state index < -0.39 is 12.0 Å². The molecule has 0 bridgehead atoms. The van der Waals surface area contributed by atoms with Crippen LogP contribution in [0.15, 0.2) is 12.1 Å². The molecule has 0 spiro atoms. The molecule has 2 N–H and O–H groups in total. The topological polar surface area (TPSA) is 93.2 Å². The fourth-order valence-electron chi connectivity index (χ4n) is 1.32. The van der Waals surface area contributed by atoms with Crippen LogP contribution in [0.2, 0.25) is 0 Å². The SMILES string of the molecule is COC(=O)c1ccc(NC(C)C(=O)NC(C)C)nn1. The van der Waals surface area contributed by atoms with E-state index in [4.69, 9.17) is 0 Å². The first kappa shape index (κ1) is 14.9. The molecule has 0 aliphatic carbocycles. The molecule has 0 saturated carbocycles. The molecule has 1 aromatic heterocycles. The molecule has 0 aliphatic heterocycles. The van der Waals surface area contributed by atoms with Crippen molar-refractivity contribution in [3.8, 4) is 0 Å². The number of rotatable bonds is 5. The number of amides is 1. The Morgan fingerprint density at radius 2 is 1.89 bits per heavy atom. The van der Waals surface area contributed by atoms with Crippen LogP contribution in [-0.2, 0) is 9.53 Å². The molecular weight excluding hydrogens is 248 g/mol. The number of hydrogen-bond donors (Lipinski definition) is 2. The Kier molecular flexibility index (Phi) is 5.23. The smallest absolute Gasteiger partial charge is 0.358 e. The number of methoxy groups -OCH3 is 1. The third-order valence-corrected chi connectivity index (χ3v) is 2.25. The lowest BCUT2D eigenvalue weighted by molar-refractivity contribution is -0.122. The van der Waals surface area contributed by atoms with Gasteiger partial charge in [-0.15, -0.1) is 10.2 Å². The highest BCUT2D eigenvalue weighted by Gasteiger charge is 2.14. The molecule has 104 valence electrons. The Balaban J connectivity index is 2.62. The van der Waals surface area contributed by atoms with Gasteiger partial charge >= 0.3 is 5.97 Å². The van der Waals surface area contributed by atoms with Crippen molar-refractivity contribution in [2.24, 2.45) is 0 Å². The molecule has 1 aromatic rings. The van der Waals surface area contributed by atoms with Gasteiger partial charge in [-0.25, -0.2) is 4.79 Å². The summed E-state index contributed by atoms with van der Waals surface area (Å²) < 4.78 is 4.51. The van der Waals surface area contributed by atoms with Crippen molar-refractivity contribution in [3.05, 3.63) is 17.8 Å². The molecule has 0 fully saturated rings. The van der Waals surface area contributed by atoms with Crippen LogP contribution < -0.4 is 10.6 Å². The minimum absolute atomic E-state index is 0.0736. The van der Waals surface area contributed by atoms with E-state index in [1.165, 1.54) is 13.2 Å². The van der Waals surface area contributed by atoms with E-state index >= 15 is 0 Å². The first-order chi connectivity index (χ1) is 8.93. The first-order valence-corrected chi connectivity index (χ1v) is 5.93. The van der Waals surface area contributed by atoms with Crippen molar-refractivity contribution in [1.82, 2.24) is 15.5 Å². The second kappa shape index (κ2) is 6.67. The van der Waals surface area contributed by atoms with Crippen molar-refractivity contribution in [2.75, 3.05) is 12.4 Å². The lowest BCUT2D eigenvalue weighted by atomic mass is 10.2. The van der Waals surface area contributed by atoms with E-state index in [0.29, 0.717) is 5.82 Å². The second-order valence-corrected chi connectivity index (χ2v) is 4.32. The maximum Gasteiger partial charge on any atom is 0.358 e. The number of ether oxygens (including phenoxy) is 1. The predicted molar refractivity (Wildman–Crippen MR) is 69.7 cm³/mol. The van der Waals surface area contributed by atoms with Gasteiger partial charge in [0.1, 0.15) is 11.9 Å². The molecule has 0 saturated heterocycles. The minimum atomic E-state index is -0.551. The quantitative estimate of drug-likeness (QED) is 0.758. The highest BCUT2D eigenvalue weighted by molar-refractivity contribution is 5.87. The molecule has 7 heteroatoms. The summed E-state index contributed by atoms with van der Waals surface area (Å²) in [5, 5.41) is 13.2. The molecule has 0 aliphatic rings. The summed E-state index contributed by atoms with van der Waals surface area (Å²) in [6.45, 7) is 5.48. The van der Waals surface area contributed by atoms with E-state index in [1.54, 1.807) is 13.0 Å². The average molecular weight is 266 g/mol. The molecule has 1 unspecified atom stereocenters. The zero-order chi connectivity index (χ0) is 14.4. The summed E-state index contributed by atoms with van der Waals surface area (Å²) in [7, 11) is 1.27. The standard InChI is InChI=1S/C12H18N4O3/c1-7(2)13-11(17)8(3)14-10-6-5-9(15-16-10)12(18)19-4/h5-8H,1-4H3,(H,13,17)(H,14,16). The van der Waals surface area contributed by atoms with Crippen molar-refractivity contribution < 1.29 is 14.3 Å². The van der Waals surface area contributed by atoms with Crippen molar-refractivity contribution in [2.45, 2.75) is 32.9 Å². The van der Waals surface area contributed by atoms with Crippen LogP contribution >= 0.6 is 0 Å². The molecule has 1 amide bonds. The molecule has 1 rings (SSSR count). The first-order valence-electron chi connectivity index (χ1n) is 5.93. The summed E-state index contributed by atoms with van der Waals surface area (Å²) in [4.78, 5) is 22.9. The van der Waals surface area contributed by atoms with E-state index in [0.717, 1.165) is 0 Å². The van der Waals surface area contributed by atoms with Gasteiger partial charge in [-0.1, -0.05) is 0 Å². The van der Waals surface area contributed by atoms with E-state index in [1.807, 2.05) is 13.8 Å². The maximum atomic E-state index is 11.7. The van der Waals surface area contributed by atoms with E-state index in [2.05, 4.69) is 25.6 Å². The maximum absolute atomic E-state index is 11.7. The Hall–Kier alpha value is -2.18. The highest BCUT2D eigenvalue weighted by atomic mass is 16.5. The van der Waals surface area contributed by atoms with Crippen LogP contribution in [0.1, 0.15) is 31.3 Å². The number of aromatic nitrogens is 2. The van der Waals surface area contributed by atoms with Crippen molar-refractivity contribution in [1.29, 1.82) is 0 Å². The van der Waals surface area contributed by atoms with Gasteiger partial charge in [0.05, 0.1) is 7.11 Å². The van der Waals surface area contributed by atoms with Crippen LogP contribution in [0.3, 0.4) is 0 Å². The molecule has 19 heavy (non-hydrogen) atoms. The zero-order valence-electron chi connectivity index (χ0n) is 11.4. The van der Waals surface area contributed by atoms with Gasteiger partial charge in [0.15, 0.2) is 5.69 Å². The largest absolute Gasteiger partial charge is 0.464 e. The average Bonchev–Trinajstić information content (AvgIpc) is 2.37. The number of nitrogens with one attached hydrogen (secondary N) is 2. The Bertz CT molecular complexity index is 445. The fourth-order valence-corrected chi connectivity index (χ4v) is 1.32. The van der Waals surface area contributed by atoms with Gasteiger partial charge in [-0.2, -0.15) is 0 Å². The molecule has 0 aromatic carbocycles. The van der Waals surface area contributed by atoms with Crippen LogP contribution in [0.25, 0.3) is 0 Å². The highest BCUT2D eigenvalue weighted by Crippen LogP contribution is 2.05. The van der Waals surface area contributed by atoms with Gasteiger partial charge in [0, 0.05) is 6.04 Å². The van der Waals surface area contributed by atoms with Gasteiger partial charge < -0.3 is 15.4 Å². The zero-order valence-corrected chi connectivity index (χ0v) is 11.4. The Morgan fingerprint density at radius 3 is 2.37 bits per heavy atom. The third kappa shape index (κ3) is 4.53. The Labute approximate surface area is 111 Å².